The van der Waals surface area contributed by atoms with Gasteiger partial charge in [-0.1, -0.05) is 17.7 Å². The van der Waals surface area contributed by atoms with Gasteiger partial charge in [0.2, 0.25) is 0 Å². The zero-order chi connectivity index (χ0) is 19.4. The summed E-state index contributed by atoms with van der Waals surface area (Å²) in [6.45, 7) is 1.17. The zero-order valence-electron chi connectivity index (χ0n) is 13.3. The molecule has 4 nitrogen and oxygen atoms in total. The van der Waals surface area contributed by atoms with E-state index in [1.165, 1.54) is 19.1 Å². The molecule has 0 aromatic heterocycles. The summed E-state index contributed by atoms with van der Waals surface area (Å²) in [4.78, 5) is 23.8. The van der Waals surface area contributed by atoms with Crippen molar-refractivity contribution in [2.75, 3.05) is 5.32 Å². The minimum atomic E-state index is -1.75. The predicted octanol–water partition coefficient (Wildman–Crippen LogP) is 4.01. The van der Waals surface area contributed by atoms with Gasteiger partial charge >= 0.3 is 5.97 Å². The largest absolute Gasteiger partial charge is 0.452 e. The highest BCUT2D eigenvalue weighted by atomic mass is 35.5. The second kappa shape index (κ2) is 8.18. The molecular weight excluding hydrogens is 378 g/mol. The van der Waals surface area contributed by atoms with Crippen LogP contribution in [0.25, 0.3) is 0 Å². The minimum Gasteiger partial charge on any atom is -0.452 e. The van der Waals surface area contributed by atoms with Gasteiger partial charge in [0.15, 0.2) is 23.6 Å². The Kier molecular flexibility index (Phi) is 6.20. The summed E-state index contributed by atoms with van der Waals surface area (Å²) >= 11 is 5.79. The fourth-order valence-corrected chi connectivity index (χ4v) is 2.22. The maximum atomic E-state index is 13.6. The summed E-state index contributed by atoms with van der Waals surface area (Å²) in [5.41, 5.74) is -0.715. The molecule has 0 aliphatic rings. The number of carbonyl (C=O) groups excluding carboxylic acids is 2. The number of amides is 1. The Hall–Kier alpha value is -2.61. The van der Waals surface area contributed by atoms with Crippen molar-refractivity contribution in [2.45, 2.75) is 19.4 Å². The molecular formula is C17H12ClF4NO3. The molecule has 0 bridgehead atoms. The van der Waals surface area contributed by atoms with Crippen LogP contribution in [0.1, 0.15) is 12.5 Å². The SMILES string of the molecule is C[C@@H](OC(=O)Cc1c(F)cccc1Cl)C(=O)Nc1ccc(F)c(F)c1F. The molecule has 0 fully saturated rings. The van der Waals surface area contributed by atoms with Crippen LogP contribution < -0.4 is 5.32 Å². The molecule has 2 rings (SSSR count). The molecule has 9 heteroatoms. The summed E-state index contributed by atoms with van der Waals surface area (Å²) < 4.78 is 58.0. The Bertz CT molecular complexity index is 840. The first kappa shape index (κ1) is 19.7. The number of ether oxygens (including phenoxy) is 1. The molecule has 2 aromatic carbocycles. The highest BCUT2D eigenvalue weighted by Crippen LogP contribution is 2.21. The number of halogens is 5. The second-order valence-corrected chi connectivity index (χ2v) is 5.63. The molecule has 1 N–H and O–H groups in total. The van der Waals surface area contributed by atoms with E-state index in [2.05, 4.69) is 0 Å². The molecule has 1 atom stereocenters. The average molecular weight is 390 g/mol. The third-order valence-electron chi connectivity index (χ3n) is 3.35. The van der Waals surface area contributed by atoms with Crippen LogP contribution in [0.3, 0.4) is 0 Å². The maximum Gasteiger partial charge on any atom is 0.311 e. The summed E-state index contributed by atoms with van der Waals surface area (Å²) in [6.07, 6.45) is -1.93. The van der Waals surface area contributed by atoms with Gasteiger partial charge in [-0.15, -0.1) is 0 Å². The summed E-state index contributed by atoms with van der Waals surface area (Å²) in [5.74, 6) is -7.40. The quantitative estimate of drug-likeness (QED) is 0.477. The van der Waals surface area contributed by atoms with E-state index in [0.717, 1.165) is 12.1 Å². The molecule has 0 unspecified atom stereocenters. The Balaban J connectivity index is 2.01. The van der Waals surface area contributed by atoms with Gasteiger partial charge < -0.3 is 10.1 Å². The number of benzene rings is 2. The lowest BCUT2D eigenvalue weighted by Gasteiger charge is -2.14. The Morgan fingerprint density at radius 3 is 2.42 bits per heavy atom. The number of rotatable bonds is 5. The van der Waals surface area contributed by atoms with Crippen molar-refractivity contribution in [3.05, 3.63) is 64.2 Å². The van der Waals surface area contributed by atoms with Crippen LogP contribution in [-0.4, -0.2) is 18.0 Å². The first-order chi connectivity index (χ1) is 12.2. The van der Waals surface area contributed by atoms with E-state index in [-0.39, 0.29) is 10.6 Å². The lowest BCUT2D eigenvalue weighted by molar-refractivity contribution is -0.152. The van der Waals surface area contributed by atoms with Crippen LogP contribution in [0.5, 0.6) is 0 Å². The fraction of sp³-hybridized carbons (Fsp3) is 0.176. The van der Waals surface area contributed by atoms with Crippen molar-refractivity contribution >= 4 is 29.2 Å². The summed E-state index contributed by atoms with van der Waals surface area (Å²) in [5, 5.41) is 1.99. The molecule has 2 aromatic rings. The maximum absolute atomic E-state index is 13.6. The van der Waals surface area contributed by atoms with Gasteiger partial charge in [0, 0.05) is 10.6 Å². The van der Waals surface area contributed by atoms with E-state index in [9.17, 15) is 27.2 Å². The van der Waals surface area contributed by atoms with Crippen molar-refractivity contribution in [2.24, 2.45) is 0 Å². The van der Waals surface area contributed by atoms with Gasteiger partial charge in [-0.05, 0) is 31.2 Å². The van der Waals surface area contributed by atoms with E-state index in [1.54, 1.807) is 0 Å². The summed E-state index contributed by atoms with van der Waals surface area (Å²) in [6, 6.07) is 5.30. The number of esters is 1. The van der Waals surface area contributed by atoms with Gasteiger partial charge in [-0.2, -0.15) is 0 Å². The minimum absolute atomic E-state index is 0.0166. The number of nitrogens with one attached hydrogen (secondary N) is 1. The van der Waals surface area contributed by atoms with E-state index < -0.39 is 53.4 Å². The zero-order valence-corrected chi connectivity index (χ0v) is 14.0. The Labute approximate surface area is 150 Å². The molecule has 0 heterocycles. The number of hydrogen-bond acceptors (Lipinski definition) is 3. The lowest BCUT2D eigenvalue weighted by atomic mass is 10.1. The second-order valence-electron chi connectivity index (χ2n) is 5.22. The molecule has 0 saturated heterocycles. The predicted molar refractivity (Wildman–Crippen MR) is 85.6 cm³/mol. The molecule has 138 valence electrons. The Morgan fingerprint density at radius 1 is 1.08 bits per heavy atom. The van der Waals surface area contributed by atoms with Gasteiger partial charge in [-0.3, -0.25) is 9.59 Å². The van der Waals surface area contributed by atoms with E-state index >= 15 is 0 Å². The van der Waals surface area contributed by atoms with E-state index in [0.29, 0.717) is 6.07 Å². The van der Waals surface area contributed by atoms with Gasteiger partial charge in [0.1, 0.15) is 5.82 Å². The van der Waals surface area contributed by atoms with E-state index in [1.807, 2.05) is 5.32 Å². The number of anilines is 1. The molecule has 0 aliphatic carbocycles. The first-order valence-corrected chi connectivity index (χ1v) is 7.65. The standard InChI is InChI=1S/C17H12ClF4NO3/c1-8(17(25)23-13-6-5-12(20)15(21)16(13)22)26-14(24)7-9-10(18)3-2-4-11(9)19/h2-6,8H,7H2,1H3,(H,23,25)/t8-/m1/s1. The van der Waals surface area contributed by atoms with Gasteiger partial charge in [0.25, 0.3) is 5.91 Å². The molecule has 0 radical (unpaired) electrons. The fourth-order valence-electron chi connectivity index (χ4n) is 1.99. The van der Waals surface area contributed by atoms with Crippen LogP contribution >= 0.6 is 11.6 Å². The first-order valence-electron chi connectivity index (χ1n) is 7.27. The van der Waals surface area contributed by atoms with Crippen molar-refractivity contribution in [1.29, 1.82) is 0 Å². The van der Waals surface area contributed by atoms with Crippen LogP contribution in [-0.2, 0) is 20.7 Å². The smallest absolute Gasteiger partial charge is 0.311 e. The normalized spacial score (nSPS) is 11.8. The van der Waals surface area contributed by atoms with Crippen LogP contribution in [0.15, 0.2) is 30.3 Å². The van der Waals surface area contributed by atoms with E-state index in [4.69, 9.17) is 16.3 Å². The number of hydrogen-bond donors (Lipinski definition) is 1. The Morgan fingerprint density at radius 2 is 1.77 bits per heavy atom. The molecule has 0 saturated carbocycles. The van der Waals surface area contributed by atoms with Crippen molar-refractivity contribution in [1.82, 2.24) is 0 Å². The van der Waals surface area contributed by atoms with Crippen molar-refractivity contribution < 1.29 is 31.9 Å². The molecule has 1 amide bonds. The molecule has 26 heavy (non-hydrogen) atoms. The molecule has 0 spiro atoms. The highest BCUT2D eigenvalue weighted by molar-refractivity contribution is 6.31. The third-order valence-corrected chi connectivity index (χ3v) is 3.71. The van der Waals surface area contributed by atoms with Gasteiger partial charge in [-0.25, -0.2) is 17.6 Å². The van der Waals surface area contributed by atoms with Gasteiger partial charge in [0.05, 0.1) is 12.1 Å². The molecule has 0 aliphatic heterocycles. The topological polar surface area (TPSA) is 55.4 Å². The van der Waals surface area contributed by atoms with Crippen molar-refractivity contribution in [3.63, 3.8) is 0 Å². The lowest BCUT2D eigenvalue weighted by Crippen LogP contribution is -2.31. The highest BCUT2D eigenvalue weighted by Gasteiger charge is 2.22. The van der Waals surface area contributed by atoms with Crippen LogP contribution in [0.4, 0.5) is 23.2 Å². The third kappa shape index (κ3) is 4.51. The van der Waals surface area contributed by atoms with Crippen molar-refractivity contribution in [3.8, 4) is 0 Å². The monoisotopic (exact) mass is 389 g/mol. The van der Waals surface area contributed by atoms with Crippen LogP contribution in [0.2, 0.25) is 5.02 Å². The summed E-state index contributed by atoms with van der Waals surface area (Å²) in [7, 11) is 0. The average Bonchev–Trinajstić information content (AvgIpc) is 2.58. The van der Waals surface area contributed by atoms with Crippen LogP contribution in [0, 0.1) is 23.3 Å². The number of carbonyl (C=O) groups is 2.